The van der Waals surface area contributed by atoms with Gasteiger partial charge in [-0.3, -0.25) is 4.79 Å². The van der Waals surface area contributed by atoms with Gasteiger partial charge in [-0.2, -0.15) is 0 Å². The predicted molar refractivity (Wildman–Crippen MR) is 108 cm³/mol. The fourth-order valence-electron chi connectivity index (χ4n) is 2.51. The molecule has 0 spiro atoms. The summed E-state index contributed by atoms with van der Waals surface area (Å²) in [7, 11) is 3.16. The maximum atomic E-state index is 12.3. The minimum atomic E-state index is -0.192. The van der Waals surface area contributed by atoms with Gasteiger partial charge in [0, 0.05) is 0 Å². The second-order valence-electron chi connectivity index (χ2n) is 5.50. The molecule has 1 saturated heterocycles. The first kappa shape index (κ1) is 18.8. The fraction of sp³-hybridized carbons (Fsp3) is 0.200. The molecule has 140 valence electrons. The Bertz CT molecular complexity index is 909. The van der Waals surface area contributed by atoms with Crippen LogP contribution in [0.3, 0.4) is 0 Å². The summed E-state index contributed by atoms with van der Waals surface area (Å²) in [6.07, 6.45) is 1.79. The monoisotopic (exact) mass is 384 g/mol. The zero-order valence-corrected chi connectivity index (χ0v) is 16.1. The summed E-state index contributed by atoms with van der Waals surface area (Å²) in [5, 5.41) is 3.30. The van der Waals surface area contributed by atoms with Gasteiger partial charge in [0.2, 0.25) is 0 Å². The number of hydrogen-bond acceptors (Lipinski definition) is 6. The van der Waals surface area contributed by atoms with Crippen molar-refractivity contribution < 1.29 is 19.0 Å². The molecule has 2 aromatic rings. The van der Waals surface area contributed by atoms with Gasteiger partial charge < -0.3 is 19.5 Å². The Kier molecular flexibility index (Phi) is 6.03. The van der Waals surface area contributed by atoms with Crippen LogP contribution in [0.2, 0.25) is 0 Å². The van der Waals surface area contributed by atoms with Crippen molar-refractivity contribution in [3.8, 4) is 17.2 Å². The molecule has 0 atom stereocenters. The van der Waals surface area contributed by atoms with Crippen LogP contribution in [0.1, 0.15) is 12.5 Å². The van der Waals surface area contributed by atoms with E-state index >= 15 is 0 Å². The number of ether oxygens (including phenoxy) is 3. The second kappa shape index (κ2) is 8.64. The molecule has 0 bridgehead atoms. The van der Waals surface area contributed by atoms with Gasteiger partial charge in [0.15, 0.2) is 16.7 Å². The number of nitrogens with zero attached hydrogens (tertiary/aromatic N) is 1. The molecule has 1 amide bonds. The van der Waals surface area contributed by atoms with Gasteiger partial charge in [0.25, 0.3) is 5.91 Å². The summed E-state index contributed by atoms with van der Waals surface area (Å²) in [5.41, 5.74) is 1.51. The third-order valence-corrected chi connectivity index (χ3v) is 4.65. The molecule has 0 aliphatic carbocycles. The van der Waals surface area contributed by atoms with Gasteiger partial charge in [0.1, 0.15) is 11.4 Å². The normalized spacial score (nSPS) is 16.5. The maximum absolute atomic E-state index is 12.3. The Balaban J connectivity index is 1.84. The summed E-state index contributed by atoms with van der Waals surface area (Å²) < 4.78 is 16.1. The van der Waals surface area contributed by atoms with Crippen molar-refractivity contribution in [2.75, 3.05) is 20.8 Å². The number of rotatable bonds is 6. The van der Waals surface area contributed by atoms with E-state index in [9.17, 15) is 4.79 Å². The largest absolute Gasteiger partial charge is 0.493 e. The molecule has 1 aliphatic rings. The fourth-order valence-corrected chi connectivity index (χ4v) is 3.35. The number of methoxy groups -OCH3 is 2. The lowest BCUT2D eigenvalue weighted by molar-refractivity contribution is -0.115. The van der Waals surface area contributed by atoms with Gasteiger partial charge in [-0.1, -0.05) is 18.2 Å². The zero-order valence-electron chi connectivity index (χ0n) is 15.3. The Morgan fingerprint density at radius 1 is 1.07 bits per heavy atom. The molecule has 2 aromatic carbocycles. The number of thioether (sulfide) groups is 1. The summed E-state index contributed by atoms with van der Waals surface area (Å²) in [6, 6.07) is 12.9. The number of carbonyl (C=O) groups excluding carboxylic acids is 1. The molecular weight excluding hydrogens is 364 g/mol. The van der Waals surface area contributed by atoms with E-state index in [1.807, 2.05) is 43.3 Å². The van der Waals surface area contributed by atoms with Crippen molar-refractivity contribution in [2.24, 2.45) is 4.99 Å². The Labute approximate surface area is 162 Å². The Morgan fingerprint density at radius 3 is 2.59 bits per heavy atom. The maximum Gasteiger partial charge on any atom is 0.264 e. The molecule has 0 radical (unpaired) electrons. The lowest BCUT2D eigenvalue weighted by Crippen LogP contribution is -2.19. The molecule has 1 aliphatic heterocycles. The number of para-hydroxylation sites is 2. The lowest BCUT2D eigenvalue weighted by Gasteiger charge is -2.07. The summed E-state index contributed by atoms with van der Waals surface area (Å²) in [4.78, 5) is 17.4. The third-order valence-electron chi connectivity index (χ3n) is 3.74. The average molecular weight is 384 g/mol. The quantitative estimate of drug-likeness (QED) is 0.763. The van der Waals surface area contributed by atoms with Crippen LogP contribution in [0.5, 0.6) is 17.2 Å². The van der Waals surface area contributed by atoms with E-state index < -0.39 is 0 Å². The zero-order chi connectivity index (χ0) is 19.2. The first-order valence-corrected chi connectivity index (χ1v) is 9.19. The van der Waals surface area contributed by atoms with Crippen LogP contribution in [-0.4, -0.2) is 31.9 Å². The molecule has 1 fully saturated rings. The smallest absolute Gasteiger partial charge is 0.264 e. The Hall–Kier alpha value is -2.93. The molecule has 3 rings (SSSR count). The van der Waals surface area contributed by atoms with Crippen molar-refractivity contribution in [1.82, 2.24) is 5.32 Å². The Morgan fingerprint density at radius 2 is 1.85 bits per heavy atom. The van der Waals surface area contributed by atoms with E-state index in [1.165, 1.54) is 11.8 Å². The van der Waals surface area contributed by atoms with Gasteiger partial charge in [-0.25, -0.2) is 4.99 Å². The molecule has 0 saturated carbocycles. The second-order valence-corrected chi connectivity index (χ2v) is 6.53. The standard InChI is InChI=1S/C20H20N2O4S/c1-4-26-15-8-6-5-7-14(15)21-20-22-19(23)18(27-20)12-13-9-10-16(24-2)17(11-13)25-3/h5-12H,4H2,1-3H3,(H,21,22,23)/b18-12-. The van der Waals surface area contributed by atoms with E-state index in [0.717, 1.165) is 5.56 Å². The molecule has 1 N–H and O–H groups in total. The molecule has 27 heavy (non-hydrogen) atoms. The number of carbonyl (C=O) groups is 1. The molecule has 7 heteroatoms. The molecule has 6 nitrogen and oxygen atoms in total. The number of hydrogen-bond donors (Lipinski definition) is 1. The lowest BCUT2D eigenvalue weighted by atomic mass is 10.2. The van der Waals surface area contributed by atoms with E-state index in [1.54, 1.807) is 26.4 Å². The number of nitrogens with one attached hydrogen (secondary N) is 1. The minimum absolute atomic E-state index is 0.192. The molecular formula is C20H20N2O4S. The van der Waals surface area contributed by atoms with Crippen LogP contribution in [-0.2, 0) is 4.79 Å². The summed E-state index contributed by atoms with van der Waals surface area (Å²) in [5.74, 6) is 1.73. The average Bonchev–Trinajstić information content (AvgIpc) is 3.02. The van der Waals surface area contributed by atoms with Crippen LogP contribution in [0, 0.1) is 0 Å². The third kappa shape index (κ3) is 4.43. The summed E-state index contributed by atoms with van der Waals surface area (Å²) in [6.45, 7) is 2.46. The highest BCUT2D eigenvalue weighted by atomic mass is 32.2. The first-order valence-electron chi connectivity index (χ1n) is 8.38. The SMILES string of the molecule is CCOc1ccccc1N=C1NC(=O)/C(=C/c2ccc(OC)c(OC)c2)S1. The van der Waals surface area contributed by atoms with Crippen LogP contribution in [0.4, 0.5) is 5.69 Å². The number of amidine groups is 1. The van der Waals surface area contributed by atoms with Crippen LogP contribution in [0.25, 0.3) is 6.08 Å². The van der Waals surface area contributed by atoms with Crippen molar-refractivity contribution >= 4 is 34.6 Å². The molecule has 0 aromatic heterocycles. The number of aliphatic imine (C=N–C) groups is 1. The van der Waals surface area contributed by atoms with Gasteiger partial charge in [-0.15, -0.1) is 0 Å². The number of amides is 1. The minimum Gasteiger partial charge on any atom is -0.493 e. The van der Waals surface area contributed by atoms with Crippen LogP contribution in [0.15, 0.2) is 52.4 Å². The van der Waals surface area contributed by atoms with Crippen molar-refractivity contribution in [2.45, 2.75) is 6.92 Å². The van der Waals surface area contributed by atoms with Crippen LogP contribution >= 0.6 is 11.8 Å². The van der Waals surface area contributed by atoms with Crippen molar-refractivity contribution in [3.05, 3.63) is 52.9 Å². The molecule has 0 unspecified atom stereocenters. The van der Waals surface area contributed by atoms with Crippen molar-refractivity contribution in [3.63, 3.8) is 0 Å². The van der Waals surface area contributed by atoms with Gasteiger partial charge in [-0.05, 0) is 54.6 Å². The number of benzene rings is 2. The topological polar surface area (TPSA) is 69.2 Å². The van der Waals surface area contributed by atoms with Crippen LogP contribution < -0.4 is 19.5 Å². The highest BCUT2D eigenvalue weighted by Gasteiger charge is 2.24. The van der Waals surface area contributed by atoms with E-state index in [4.69, 9.17) is 14.2 Å². The summed E-state index contributed by atoms with van der Waals surface area (Å²) >= 11 is 1.28. The van der Waals surface area contributed by atoms with Crippen molar-refractivity contribution in [1.29, 1.82) is 0 Å². The highest BCUT2D eigenvalue weighted by molar-refractivity contribution is 8.18. The van der Waals surface area contributed by atoms with E-state index in [2.05, 4.69) is 10.3 Å². The highest BCUT2D eigenvalue weighted by Crippen LogP contribution is 2.33. The first-order chi connectivity index (χ1) is 13.1. The molecule has 1 heterocycles. The van der Waals surface area contributed by atoms with E-state index in [-0.39, 0.29) is 5.91 Å². The van der Waals surface area contributed by atoms with Gasteiger partial charge in [0.05, 0.1) is 25.7 Å². The van der Waals surface area contributed by atoms with E-state index in [0.29, 0.717) is 39.6 Å². The predicted octanol–water partition coefficient (Wildman–Crippen LogP) is 3.99. The van der Waals surface area contributed by atoms with Gasteiger partial charge >= 0.3 is 0 Å².